The van der Waals surface area contributed by atoms with Crippen molar-refractivity contribution in [2.24, 2.45) is 0 Å². The third-order valence-electron chi connectivity index (χ3n) is 3.88. The summed E-state index contributed by atoms with van der Waals surface area (Å²) < 4.78 is 10.9. The summed E-state index contributed by atoms with van der Waals surface area (Å²) in [7, 11) is 2.84. The summed E-state index contributed by atoms with van der Waals surface area (Å²) in [5.41, 5.74) is 0.251. The van der Waals surface area contributed by atoms with E-state index in [4.69, 9.17) is 21.4 Å². The predicted molar refractivity (Wildman–Crippen MR) is 98.8 cm³/mol. The van der Waals surface area contributed by atoms with Crippen molar-refractivity contribution >= 4 is 40.9 Å². The summed E-state index contributed by atoms with van der Waals surface area (Å²) in [6.07, 6.45) is 1.30. The van der Waals surface area contributed by atoms with Crippen LogP contribution in [0.5, 0.6) is 5.75 Å². The first-order valence-electron chi connectivity index (χ1n) is 7.59. The molecule has 2 aromatic rings. The second-order valence-corrected chi connectivity index (χ2v) is 5.91. The topological polar surface area (TPSA) is 115 Å². The number of hydrogen-bond acceptors (Lipinski definition) is 7. The molecule has 1 saturated heterocycles. The first kappa shape index (κ1) is 18.3. The van der Waals surface area contributed by atoms with Gasteiger partial charge in [0.15, 0.2) is 5.11 Å². The number of benzene rings is 1. The molecule has 0 aliphatic carbocycles. The molecule has 0 spiro atoms. The highest BCUT2D eigenvalue weighted by Gasteiger charge is 2.31. The molecule has 0 bridgehead atoms. The fourth-order valence-electron chi connectivity index (χ4n) is 2.46. The zero-order valence-electron chi connectivity index (χ0n) is 14.2. The molecule has 27 heavy (non-hydrogen) atoms. The van der Waals surface area contributed by atoms with E-state index in [2.05, 4.69) is 5.32 Å². The lowest BCUT2D eigenvalue weighted by Crippen LogP contribution is -2.52. The van der Waals surface area contributed by atoms with Crippen molar-refractivity contribution in [2.45, 2.75) is 0 Å². The minimum absolute atomic E-state index is 0.0258. The number of nitrogens with zero attached hydrogens (tertiary/aromatic N) is 2. The number of ether oxygens (including phenoxy) is 1. The van der Waals surface area contributed by atoms with Crippen LogP contribution in [0.4, 0.5) is 5.69 Å². The van der Waals surface area contributed by atoms with E-state index in [1.54, 1.807) is 12.1 Å². The Morgan fingerprint density at radius 3 is 2.70 bits per heavy atom. The average Bonchev–Trinajstić information content (AvgIpc) is 3.11. The highest BCUT2D eigenvalue weighted by Crippen LogP contribution is 2.34. The Morgan fingerprint density at radius 2 is 2.04 bits per heavy atom. The van der Waals surface area contributed by atoms with Crippen molar-refractivity contribution in [1.82, 2.24) is 10.2 Å². The Kier molecular flexibility index (Phi) is 4.74. The van der Waals surface area contributed by atoms with Gasteiger partial charge in [0.1, 0.15) is 22.8 Å². The third kappa shape index (κ3) is 3.42. The van der Waals surface area contributed by atoms with Crippen LogP contribution in [0.1, 0.15) is 5.76 Å². The quantitative estimate of drug-likeness (QED) is 0.281. The summed E-state index contributed by atoms with van der Waals surface area (Å²) >= 11 is 4.89. The lowest BCUT2D eigenvalue weighted by Gasteiger charge is -2.24. The van der Waals surface area contributed by atoms with Gasteiger partial charge in [0.25, 0.3) is 17.5 Å². The normalized spacial score (nSPS) is 15.9. The number of furan rings is 1. The second kappa shape index (κ2) is 7.00. The highest BCUT2D eigenvalue weighted by atomic mass is 32.1. The Labute approximate surface area is 158 Å². The molecule has 2 amide bonds. The molecule has 10 heteroatoms. The van der Waals surface area contributed by atoms with Gasteiger partial charge in [0.05, 0.1) is 23.7 Å². The molecule has 1 fully saturated rings. The lowest BCUT2D eigenvalue weighted by atomic mass is 10.1. The number of carbonyl (C=O) groups excluding carboxylic acids is 2. The van der Waals surface area contributed by atoms with Crippen molar-refractivity contribution in [1.29, 1.82) is 0 Å². The van der Waals surface area contributed by atoms with Crippen LogP contribution in [0.2, 0.25) is 0 Å². The molecule has 2 heterocycles. The molecule has 1 aromatic heterocycles. The van der Waals surface area contributed by atoms with Gasteiger partial charge in [-0.05, 0) is 36.5 Å². The molecule has 0 saturated carbocycles. The Hall–Kier alpha value is -3.53. The molecular formula is C17H13N3O6S. The van der Waals surface area contributed by atoms with Crippen LogP contribution in [-0.2, 0) is 9.59 Å². The van der Waals surface area contributed by atoms with E-state index < -0.39 is 16.7 Å². The van der Waals surface area contributed by atoms with Crippen LogP contribution in [0, 0.1) is 10.1 Å². The van der Waals surface area contributed by atoms with Gasteiger partial charge < -0.3 is 9.15 Å². The van der Waals surface area contributed by atoms with Crippen LogP contribution in [0.3, 0.4) is 0 Å². The van der Waals surface area contributed by atoms with Crippen molar-refractivity contribution in [2.75, 3.05) is 14.2 Å². The summed E-state index contributed by atoms with van der Waals surface area (Å²) in [5.74, 6) is -0.288. The van der Waals surface area contributed by atoms with Crippen molar-refractivity contribution in [3.05, 3.63) is 51.8 Å². The van der Waals surface area contributed by atoms with Gasteiger partial charge in [0, 0.05) is 13.1 Å². The molecule has 9 nitrogen and oxygen atoms in total. The Bertz CT molecular complexity index is 1010. The molecule has 0 radical (unpaired) electrons. The number of amides is 2. The minimum Gasteiger partial charge on any atom is -0.496 e. The van der Waals surface area contributed by atoms with Gasteiger partial charge in [-0.15, -0.1) is 0 Å². The van der Waals surface area contributed by atoms with E-state index in [-0.39, 0.29) is 27.9 Å². The Morgan fingerprint density at radius 1 is 1.30 bits per heavy atom. The van der Waals surface area contributed by atoms with Crippen LogP contribution < -0.4 is 10.1 Å². The molecule has 0 unspecified atom stereocenters. The molecule has 138 valence electrons. The largest absolute Gasteiger partial charge is 0.496 e. The van der Waals surface area contributed by atoms with E-state index in [0.29, 0.717) is 11.3 Å². The molecule has 1 aromatic carbocycles. The van der Waals surface area contributed by atoms with E-state index in [0.717, 1.165) is 4.90 Å². The molecular weight excluding hydrogens is 374 g/mol. The molecule has 3 rings (SSSR count). The molecule has 1 aliphatic heterocycles. The number of carbonyl (C=O) groups is 2. The zero-order valence-corrected chi connectivity index (χ0v) is 15.0. The van der Waals surface area contributed by atoms with Crippen molar-refractivity contribution in [3.63, 3.8) is 0 Å². The van der Waals surface area contributed by atoms with Gasteiger partial charge in [-0.25, -0.2) is 0 Å². The number of thiocarbonyl (C=S) groups is 1. The number of rotatable bonds is 4. The monoisotopic (exact) mass is 387 g/mol. The summed E-state index contributed by atoms with van der Waals surface area (Å²) in [6.45, 7) is 0. The van der Waals surface area contributed by atoms with Gasteiger partial charge in [-0.2, -0.15) is 0 Å². The Balaban J connectivity index is 1.96. The van der Waals surface area contributed by atoms with Gasteiger partial charge in [-0.3, -0.25) is 29.9 Å². The average molecular weight is 387 g/mol. The smallest absolute Gasteiger partial charge is 0.273 e. The van der Waals surface area contributed by atoms with Gasteiger partial charge in [0.2, 0.25) is 0 Å². The molecule has 0 atom stereocenters. The summed E-state index contributed by atoms with van der Waals surface area (Å²) in [5, 5.41) is 13.3. The standard InChI is InChI=1S/C17H13N3O6S/c1-19-16(22)12(15(21)18-17(19)27)8-10-4-6-13(26-10)11-5-3-9(20(23)24)7-14(11)25-2/h3-8H,1-2H3,(H,18,21,27). The maximum atomic E-state index is 12.2. The summed E-state index contributed by atoms with van der Waals surface area (Å²) in [6, 6.07) is 7.28. The van der Waals surface area contributed by atoms with E-state index in [1.165, 1.54) is 38.4 Å². The fourth-order valence-corrected chi connectivity index (χ4v) is 2.64. The second-order valence-electron chi connectivity index (χ2n) is 5.53. The number of likely N-dealkylation sites (N-methyl/N-ethyl adjacent to an activating group) is 1. The first-order chi connectivity index (χ1) is 12.8. The highest BCUT2D eigenvalue weighted by molar-refractivity contribution is 7.80. The maximum Gasteiger partial charge on any atom is 0.273 e. The van der Waals surface area contributed by atoms with Crippen LogP contribution in [-0.4, -0.2) is 40.9 Å². The SMILES string of the molecule is COc1cc([N+](=O)[O-])ccc1-c1ccc(C=C2C(=O)NC(=S)N(C)C2=O)o1. The van der Waals surface area contributed by atoms with Gasteiger partial charge >= 0.3 is 0 Å². The number of nitro benzene ring substituents is 1. The molecule has 1 N–H and O–H groups in total. The van der Waals surface area contributed by atoms with E-state index in [1.807, 2.05) is 0 Å². The molecule has 1 aliphatic rings. The van der Waals surface area contributed by atoms with Crippen molar-refractivity contribution < 1.29 is 23.7 Å². The third-order valence-corrected chi connectivity index (χ3v) is 4.26. The van der Waals surface area contributed by atoms with E-state index >= 15 is 0 Å². The maximum absolute atomic E-state index is 12.2. The predicted octanol–water partition coefficient (Wildman–Crippen LogP) is 2.12. The summed E-state index contributed by atoms with van der Waals surface area (Å²) in [4.78, 5) is 35.7. The van der Waals surface area contributed by atoms with Crippen LogP contribution >= 0.6 is 12.2 Å². The number of non-ortho nitro benzene ring substituents is 1. The number of nitrogens with one attached hydrogen (secondary N) is 1. The van der Waals surface area contributed by atoms with Gasteiger partial charge in [-0.1, -0.05) is 0 Å². The first-order valence-corrected chi connectivity index (χ1v) is 8.00. The zero-order chi connectivity index (χ0) is 19.7. The number of methoxy groups -OCH3 is 1. The van der Waals surface area contributed by atoms with Crippen molar-refractivity contribution in [3.8, 4) is 17.1 Å². The van der Waals surface area contributed by atoms with Crippen LogP contribution in [0.25, 0.3) is 17.4 Å². The fraction of sp³-hybridized carbons (Fsp3) is 0.118. The lowest BCUT2D eigenvalue weighted by molar-refractivity contribution is -0.384. The minimum atomic E-state index is -0.617. The number of nitro groups is 1. The van der Waals surface area contributed by atoms with E-state index in [9.17, 15) is 19.7 Å². The van der Waals surface area contributed by atoms with Crippen LogP contribution in [0.15, 0.2) is 40.3 Å². The number of hydrogen-bond donors (Lipinski definition) is 1.